The molecule has 0 radical (unpaired) electrons. The predicted molar refractivity (Wildman–Crippen MR) is 109 cm³/mol. The molecule has 4 rings (SSSR count). The van der Waals surface area contributed by atoms with Gasteiger partial charge in [-0.25, -0.2) is 13.2 Å². The van der Waals surface area contributed by atoms with Gasteiger partial charge in [-0.1, -0.05) is 0 Å². The highest BCUT2D eigenvalue weighted by Crippen LogP contribution is 2.34. The highest BCUT2D eigenvalue weighted by molar-refractivity contribution is 7.91. The third kappa shape index (κ3) is 3.90. The van der Waals surface area contributed by atoms with Crippen molar-refractivity contribution in [2.24, 2.45) is 0 Å². The number of carbonyl (C=O) groups excluding carboxylic acids is 1. The molecular formula is C21H25NO6S. The maximum atomic E-state index is 12.6. The summed E-state index contributed by atoms with van der Waals surface area (Å²) < 4.78 is 34.8. The molecule has 1 aliphatic carbocycles. The summed E-state index contributed by atoms with van der Waals surface area (Å²) in [4.78, 5) is 26.4. The maximum Gasteiger partial charge on any atom is 0.339 e. The fourth-order valence-electron chi connectivity index (χ4n) is 4.31. The summed E-state index contributed by atoms with van der Waals surface area (Å²) in [5.41, 5.74) is 2.72. The number of nitrogens with zero attached hydrogens (tertiary/aromatic N) is 1. The average molecular weight is 419 g/mol. The van der Waals surface area contributed by atoms with E-state index in [1.807, 2.05) is 19.1 Å². The number of ether oxygens (including phenoxy) is 1. The first-order valence-corrected chi connectivity index (χ1v) is 11.8. The molecular weight excluding hydrogens is 394 g/mol. The van der Waals surface area contributed by atoms with E-state index in [2.05, 4.69) is 0 Å². The number of hydrogen-bond donors (Lipinski definition) is 0. The second-order valence-electron chi connectivity index (χ2n) is 8.04. The molecule has 1 saturated heterocycles. The molecule has 2 aliphatic rings. The molecule has 1 atom stereocenters. The topological polar surface area (TPSA) is 93.9 Å². The normalized spacial score (nSPS) is 20.4. The van der Waals surface area contributed by atoms with Crippen LogP contribution in [-0.4, -0.2) is 50.4 Å². The van der Waals surface area contributed by atoms with Gasteiger partial charge in [-0.15, -0.1) is 0 Å². The van der Waals surface area contributed by atoms with E-state index in [-0.39, 0.29) is 35.7 Å². The molecule has 1 amide bonds. The van der Waals surface area contributed by atoms with Crippen molar-refractivity contribution in [3.63, 3.8) is 0 Å². The number of fused-ring (bicyclic) bond motifs is 3. The van der Waals surface area contributed by atoms with Gasteiger partial charge in [0.1, 0.15) is 11.3 Å². The van der Waals surface area contributed by atoms with Crippen molar-refractivity contribution in [2.75, 3.05) is 25.2 Å². The van der Waals surface area contributed by atoms with Crippen molar-refractivity contribution in [1.82, 2.24) is 4.90 Å². The Morgan fingerprint density at radius 2 is 1.97 bits per heavy atom. The Hall–Kier alpha value is -2.35. The molecule has 156 valence electrons. The van der Waals surface area contributed by atoms with E-state index in [0.717, 1.165) is 35.8 Å². The van der Waals surface area contributed by atoms with Crippen LogP contribution in [0.2, 0.25) is 0 Å². The zero-order valence-corrected chi connectivity index (χ0v) is 17.5. The third-order valence-electron chi connectivity index (χ3n) is 5.93. The molecule has 2 aromatic rings. The number of hydrogen-bond acceptors (Lipinski definition) is 6. The van der Waals surface area contributed by atoms with Crippen LogP contribution in [0.3, 0.4) is 0 Å². The van der Waals surface area contributed by atoms with Crippen LogP contribution in [0.15, 0.2) is 21.3 Å². The van der Waals surface area contributed by atoms with Gasteiger partial charge in [0, 0.05) is 18.7 Å². The van der Waals surface area contributed by atoms with Gasteiger partial charge in [0.2, 0.25) is 0 Å². The van der Waals surface area contributed by atoms with E-state index < -0.39 is 9.84 Å². The Morgan fingerprint density at radius 3 is 2.66 bits per heavy atom. The van der Waals surface area contributed by atoms with Gasteiger partial charge in [-0.3, -0.25) is 4.79 Å². The second-order valence-corrected chi connectivity index (χ2v) is 10.3. The van der Waals surface area contributed by atoms with Crippen LogP contribution in [0.5, 0.6) is 5.75 Å². The van der Waals surface area contributed by atoms with E-state index in [9.17, 15) is 18.0 Å². The monoisotopic (exact) mass is 419 g/mol. The van der Waals surface area contributed by atoms with Crippen LogP contribution in [0.25, 0.3) is 11.0 Å². The Kier molecular flexibility index (Phi) is 5.14. The van der Waals surface area contributed by atoms with Crippen molar-refractivity contribution in [1.29, 1.82) is 0 Å². The van der Waals surface area contributed by atoms with Crippen LogP contribution in [0, 0.1) is 6.92 Å². The molecule has 1 aliphatic heterocycles. The Bertz CT molecular complexity index is 1130. The lowest BCUT2D eigenvalue weighted by atomic mass is 9.90. The molecule has 0 spiro atoms. The third-order valence-corrected chi connectivity index (χ3v) is 7.68. The molecule has 2 heterocycles. The zero-order chi connectivity index (χ0) is 20.8. The van der Waals surface area contributed by atoms with Crippen LogP contribution >= 0.6 is 0 Å². The highest BCUT2D eigenvalue weighted by atomic mass is 32.2. The summed E-state index contributed by atoms with van der Waals surface area (Å²) in [6.07, 6.45) is 3.88. The van der Waals surface area contributed by atoms with Gasteiger partial charge >= 0.3 is 5.63 Å². The smallest absolute Gasteiger partial charge is 0.339 e. The summed E-state index contributed by atoms with van der Waals surface area (Å²) in [7, 11) is -1.45. The highest BCUT2D eigenvalue weighted by Gasteiger charge is 2.33. The zero-order valence-electron chi connectivity index (χ0n) is 16.7. The van der Waals surface area contributed by atoms with Crippen LogP contribution in [-0.2, 0) is 27.5 Å². The minimum absolute atomic E-state index is 0.00127. The lowest BCUT2D eigenvalue weighted by Gasteiger charge is -2.24. The Morgan fingerprint density at radius 1 is 1.24 bits per heavy atom. The summed E-state index contributed by atoms with van der Waals surface area (Å²) in [6.45, 7) is 1.68. The van der Waals surface area contributed by atoms with Gasteiger partial charge in [0.25, 0.3) is 5.91 Å². The minimum Gasteiger partial charge on any atom is -0.483 e. The fourth-order valence-corrected chi connectivity index (χ4v) is 6.08. The minimum atomic E-state index is -3.07. The standard InChI is InChI=1S/C21H25NO6S/c1-13-9-17(27-11-19(23)22(2)14-7-8-29(25,26)12-14)20-15-5-3-4-6-16(15)21(24)28-18(20)10-13/h9-10,14H,3-8,11-12H2,1-2H3/t14-/m0/s1. The van der Waals surface area contributed by atoms with Crippen molar-refractivity contribution >= 4 is 26.7 Å². The Balaban J connectivity index is 1.61. The molecule has 29 heavy (non-hydrogen) atoms. The van der Waals surface area contributed by atoms with Gasteiger partial charge < -0.3 is 14.1 Å². The predicted octanol–water partition coefficient (Wildman–Crippen LogP) is 2.00. The molecule has 8 heteroatoms. The van der Waals surface area contributed by atoms with Crippen molar-refractivity contribution in [2.45, 2.75) is 45.1 Å². The molecule has 1 aromatic heterocycles. The van der Waals surface area contributed by atoms with Crippen molar-refractivity contribution in [3.8, 4) is 5.75 Å². The molecule has 0 saturated carbocycles. The first-order chi connectivity index (χ1) is 13.7. The maximum absolute atomic E-state index is 12.6. The van der Waals surface area contributed by atoms with E-state index >= 15 is 0 Å². The van der Waals surface area contributed by atoms with E-state index in [4.69, 9.17) is 9.15 Å². The number of benzene rings is 1. The summed E-state index contributed by atoms with van der Waals surface area (Å²) in [5.74, 6) is 0.376. The van der Waals surface area contributed by atoms with E-state index in [1.165, 1.54) is 4.90 Å². The second kappa shape index (κ2) is 7.48. The van der Waals surface area contributed by atoms with Crippen molar-refractivity contribution < 1.29 is 22.4 Å². The number of amides is 1. The van der Waals surface area contributed by atoms with Crippen LogP contribution in [0.4, 0.5) is 0 Å². The largest absolute Gasteiger partial charge is 0.483 e. The van der Waals surface area contributed by atoms with Crippen molar-refractivity contribution in [3.05, 3.63) is 39.2 Å². The quantitative estimate of drug-likeness (QED) is 0.704. The molecule has 0 bridgehead atoms. The van der Waals surface area contributed by atoms with Crippen LogP contribution < -0.4 is 10.4 Å². The number of aryl methyl sites for hydroxylation is 2. The summed E-state index contributed by atoms with van der Waals surface area (Å²) in [6, 6.07) is 3.36. The van der Waals surface area contributed by atoms with E-state index in [1.54, 1.807) is 7.05 Å². The first-order valence-electron chi connectivity index (χ1n) is 9.93. The van der Waals surface area contributed by atoms with Gasteiger partial charge in [-0.05, 0) is 62.3 Å². The lowest BCUT2D eigenvalue weighted by molar-refractivity contribution is -0.133. The summed E-state index contributed by atoms with van der Waals surface area (Å²) >= 11 is 0. The fraction of sp³-hybridized carbons (Fsp3) is 0.524. The van der Waals surface area contributed by atoms with E-state index in [0.29, 0.717) is 29.7 Å². The van der Waals surface area contributed by atoms with Gasteiger partial charge in [-0.2, -0.15) is 0 Å². The lowest BCUT2D eigenvalue weighted by Crippen LogP contribution is -2.40. The first kappa shape index (κ1) is 19.9. The van der Waals surface area contributed by atoms with Gasteiger partial charge in [0.05, 0.1) is 16.9 Å². The molecule has 1 fully saturated rings. The number of carbonyl (C=O) groups is 1. The summed E-state index contributed by atoms with van der Waals surface area (Å²) in [5, 5.41) is 0.767. The molecule has 7 nitrogen and oxygen atoms in total. The van der Waals surface area contributed by atoms with Gasteiger partial charge in [0.15, 0.2) is 16.4 Å². The number of rotatable bonds is 4. The molecule has 0 unspecified atom stereocenters. The SMILES string of the molecule is Cc1cc(OCC(=O)N(C)[C@H]2CCS(=O)(=O)C2)c2c3c(c(=O)oc2c1)CCCC3. The molecule has 0 N–H and O–H groups in total. The molecule has 1 aromatic carbocycles. The number of sulfone groups is 1. The van der Waals surface area contributed by atoms with Crippen LogP contribution in [0.1, 0.15) is 36.0 Å². The Labute approximate surface area is 169 Å². The number of likely N-dealkylation sites (N-methyl/N-ethyl adjacent to an activating group) is 1. The average Bonchev–Trinajstić information content (AvgIpc) is 3.04.